The maximum absolute atomic E-state index is 12.3. The summed E-state index contributed by atoms with van der Waals surface area (Å²) in [7, 11) is 0. The summed E-state index contributed by atoms with van der Waals surface area (Å²) in [5.41, 5.74) is 3.22. The molecule has 0 amide bonds. The van der Waals surface area contributed by atoms with Gasteiger partial charge in [-0.3, -0.25) is 0 Å². The van der Waals surface area contributed by atoms with Crippen LogP contribution in [0.1, 0.15) is 81.9 Å². The van der Waals surface area contributed by atoms with E-state index in [4.69, 9.17) is 16.3 Å². The van der Waals surface area contributed by atoms with Crippen molar-refractivity contribution in [2.75, 3.05) is 0 Å². The summed E-state index contributed by atoms with van der Waals surface area (Å²) in [6.45, 7) is 14.5. The fourth-order valence-electron chi connectivity index (χ4n) is 3.25. The summed E-state index contributed by atoms with van der Waals surface area (Å²) in [5, 5.41) is 11.4. The summed E-state index contributed by atoms with van der Waals surface area (Å²) in [5.74, 6) is 0.0431. The predicted octanol–water partition coefficient (Wildman–Crippen LogP) is 6.82. The first kappa shape index (κ1) is 23.3. The largest absolute Gasteiger partial charge is 0.507 e. The van der Waals surface area contributed by atoms with E-state index in [9.17, 15) is 9.90 Å². The fraction of sp³-hybridized carbons (Fsp3) is 0.480. The van der Waals surface area contributed by atoms with Crippen LogP contribution >= 0.6 is 11.6 Å². The molecule has 158 valence electrons. The molecule has 3 nitrogen and oxygen atoms in total. The molecule has 0 spiro atoms. The molecule has 1 N–H and O–H groups in total. The highest BCUT2D eigenvalue weighted by molar-refractivity contribution is 6.30. The molecule has 1 atom stereocenters. The van der Waals surface area contributed by atoms with Crippen LogP contribution in [0.25, 0.3) is 0 Å². The van der Waals surface area contributed by atoms with Crippen LogP contribution in [0.2, 0.25) is 5.02 Å². The number of benzene rings is 2. The maximum Gasteiger partial charge on any atom is 0.338 e. The van der Waals surface area contributed by atoms with Crippen molar-refractivity contribution in [3.63, 3.8) is 0 Å². The lowest BCUT2D eigenvalue weighted by Gasteiger charge is -2.28. The number of esters is 1. The number of rotatable bonds is 5. The van der Waals surface area contributed by atoms with Crippen LogP contribution in [0.5, 0.6) is 5.75 Å². The van der Waals surface area contributed by atoms with Gasteiger partial charge in [-0.15, -0.1) is 0 Å². The second kappa shape index (κ2) is 8.79. The Morgan fingerprint density at radius 2 is 1.48 bits per heavy atom. The molecule has 2 rings (SSSR count). The average Bonchev–Trinajstić information content (AvgIpc) is 2.59. The Balaban J connectivity index is 2.15. The van der Waals surface area contributed by atoms with Crippen molar-refractivity contribution in [3.05, 3.63) is 63.7 Å². The highest BCUT2D eigenvalue weighted by atomic mass is 35.5. The third-order valence-corrected chi connectivity index (χ3v) is 5.27. The van der Waals surface area contributed by atoms with Gasteiger partial charge in [-0.1, -0.05) is 65.3 Å². The Labute approximate surface area is 180 Å². The summed E-state index contributed by atoms with van der Waals surface area (Å²) in [6.07, 6.45) is 1.25. The standard InChI is InChI=1S/C25H33ClO3/c1-16(29-23(28)18-10-12-19(26)13-11-18)8-9-17-14-20(24(2,3)4)22(27)21(15-17)25(5,6)7/h10-16,27H,8-9H2,1-7H3. The van der Waals surface area contributed by atoms with Gasteiger partial charge in [0, 0.05) is 5.02 Å². The molecule has 0 aliphatic carbocycles. The Morgan fingerprint density at radius 1 is 1.00 bits per heavy atom. The second-order valence-electron chi connectivity index (χ2n) is 9.80. The number of hydrogen-bond acceptors (Lipinski definition) is 3. The van der Waals surface area contributed by atoms with Gasteiger partial charge in [0.1, 0.15) is 5.75 Å². The third kappa shape index (κ3) is 6.24. The molecular weight excluding hydrogens is 384 g/mol. The minimum atomic E-state index is -0.342. The minimum Gasteiger partial charge on any atom is -0.507 e. The number of phenols is 1. The molecule has 0 bridgehead atoms. The molecule has 0 aromatic heterocycles. The lowest BCUT2D eigenvalue weighted by Crippen LogP contribution is -2.19. The lowest BCUT2D eigenvalue weighted by atomic mass is 9.78. The third-order valence-electron chi connectivity index (χ3n) is 5.01. The Hall–Kier alpha value is -2.00. The van der Waals surface area contributed by atoms with Gasteiger partial charge < -0.3 is 9.84 Å². The number of halogens is 1. The van der Waals surface area contributed by atoms with E-state index in [2.05, 4.69) is 53.7 Å². The van der Waals surface area contributed by atoms with Gasteiger partial charge in [0.05, 0.1) is 11.7 Å². The Kier molecular flexibility index (Phi) is 7.06. The van der Waals surface area contributed by atoms with Crippen molar-refractivity contribution in [2.45, 2.75) is 78.2 Å². The number of carbonyl (C=O) groups is 1. The number of carbonyl (C=O) groups excluding carboxylic acids is 1. The fourth-order valence-corrected chi connectivity index (χ4v) is 3.37. The van der Waals surface area contributed by atoms with Crippen LogP contribution < -0.4 is 0 Å². The van der Waals surface area contributed by atoms with Gasteiger partial charge in [-0.2, -0.15) is 0 Å². The predicted molar refractivity (Wildman–Crippen MR) is 120 cm³/mol. The zero-order chi connectivity index (χ0) is 22.0. The van der Waals surface area contributed by atoms with E-state index in [0.29, 0.717) is 22.8 Å². The van der Waals surface area contributed by atoms with E-state index in [1.807, 2.05) is 6.92 Å². The minimum absolute atomic E-state index is 0.160. The van der Waals surface area contributed by atoms with E-state index in [1.165, 1.54) is 0 Å². The zero-order valence-corrected chi connectivity index (χ0v) is 19.4. The molecule has 29 heavy (non-hydrogen) atoms. The topological polar surface area (TPSA) is 46.5 Å². The van der Waals surface area contributed by atoms with Crippen molar-refractivity contribution < 1.29 is 14.6 Å². The number of phenolic OH excluding ortho intramolecular Hbond substituents is 1. The van der Waals surface area contributed by atoms with Crippen LogP contribution in [0.4, 0.5) is 0 Å². The molecule has 0 radical (unpaired) electrons. The van der Waals surface area contributed by atoms with Gasteiger partial charge in [-0.05, 0) is 71.6 Å². The van der Waals surface area contributed by atoms with E-state index >= 15 is 0 Å². The highest BCUT2D eigenvalue weighted by Crippen LogP contribution is 2.40. The van der Waals surface area contributed by atoms with Gasteiger partial charge in [0.25, 0.3) is 0 Å². The highest BCUT2D eigenvalue weighted by Gasteiger charge is 2.26. The van der Waals surface area contributed by atoms with Gasteiger partial charge >= 0.3 is 5.97 Å². The van der Waals surface area contributed by atoms with Crippen molar-refractivity contribution in [1.29, 1.82) is 0 Å². The van der Waals surface area contributed by atoms with Gasteiger partial charge in [0.15, 0.2) is 0 Å². The van der Waals surface area contributed by atoms with Crippen molar-refractivity contribution in [1.82, 2.24) is 0 Å². The Bertz CT molecular complexity index is 820. The monoisotopic (exact) mass is 416 g/mol. The summed E-state index contributed by atoms with van der Waals surface area (Å²) in [6, 6.07) is 10.9. The maximum atomic E-state index is 12.3. The zero-order valence-electron chi connectivity index (χ0n) is 18.6. The molecule has 0 saturated carbocycles. The quantitative estimate of drug-likeness (QED) is 0.544. The lowest BCUT2D eigenvalue weighted by molar-refractivity contribution is 0.0325. The molecule has 4 heteroatoms. The molecule has 0 aliphatic rings. The summed E-state index contributed by atoms with van der Waals surface area (Å²) >= 11 is 5.87. The molecule has 0 aliphatic heterocycles. The van der Waals surface area contributed by atoms with Crippen LogP contribution in [-0.2, 0) is 22.0 Å². The van der Waals surface area contributed by atoms with Crippen molar-refractivity contribution in [3.8, 4) is 5.75 Å². The van der Waals surface area contributed by atoms with Crippen LogP contribution in [-0.4, -0.2) is 17.2 Å². The Morgan fingerprint density at radius 3 is 1.93 bits per heavy atom. The van der Waals surface area contributed by atoms with E-state index in [1.54, 1.807) is 24.3 Å². The van der Waals surface area contributed by atoms with E-state index in [0.717, 1.165) is 23.1 Å². The molecule has 2 aromatic carbocycles. The van der Waals surface area contributed by atoms with Crippen molar-refractivity contribution in [2.24, 2.45) is 0 Å². The van der Waals surface area contributed by atoms with Gasteiger partial charge in [-0.25, -0.2) is 4.79 Å². The van der Waals surface area contributed by atoms with Crippen LogP contribution in [0.3, 0.4) is 0 Å². The van der Waals surface area contributed by atoms with Crippen LogP contribution in [0.15, 0.2) is 36.4 Å². The van der Waals surface area contributed by atoms with Crippen LogP contribution in [0, 0.1) is 0 Å². The molecule has 0 fully saturated rings. The van der Waals surface area contributed by atoms with Crippen molar-refractivity contribution >= 4 is 17.6 Å². The summed E-state index contributed by atoms with van der Waals surface area (Å²) in [4.78, 5) is 12.3. The van der Waals surface area contributed by atoms with E-state index < -0.39 is 0 Å². The number of ether oxygens (including phenoxy) is 1. The molecule has 0 heterocycles. The normalized spacial score (nSPS) is 13.2. The molecule has 0 saturated heterocycles. The number of aryl methyl sites for hydroxylation is 1. The molecule has 2 aromatic rings. The summed E-state index contributed by atoms with van der Waals surface area (Å²) < 4.78 is 5.59. The second-order valence-corrected chi connectivity index (χ2v) is 10.2. The first-order chi connectivity index (χ1) is 13.3. The smallest absolute Gasteiger partial charge is 0.338 e. The van der Waals surface area contributed by atoms with Gasteiger partial charge in [0.2, 0.25) is 0 Å². The van der Waals surface area contributed by atoms with E-state index in [-0.39, 0.29) is 22.9 Å². The first-order valence-corrected chi connectivity index (χ1v) is 10.5. The molecular formula is C25H33ClO3. The number of hydrogen-bond donors (Lipinski definition) is 1. The number of aromatic hydroxyl groups is 1. The first-order valence-electron chi connectivity index (χ1n) is 10.1. The average molecular weight is 417 g/mol. The SMILES string of the molecule is CC(CCc1cc(C(C)(C)C)c(O)c(C(C)(C)C)c1)OC(=O)c1ccc(Cl)cc1. The molecule has 1 unspecified atom stereocenters.